The van der Waals surface area contributed by atoms with Crippen LogP contribution in [0.5, 0.6) is 5.75 Å². The summed E-state index contributed by atoms with van der Waals surface area (Å²) in [5, 5.41) is 2.89. The quantitative estimate of drug-likeness (QED) is 0.359. The molecule has 0 aliphatic rings. The van der Waals surface area contributed by atoms with E-state index < -0.39 is 26.8 Å². The van der Waals surface area contributed by atoms with Crippen molar-refractivity contribution in [3.8, 4) is 5.75 Å². The summed E-state index contributed by atoms with van der Waals surface area (Å²) in [5.41, 5.74) is 2.47. The van der Waals surface area contributed by atoms with Crippen molar-refractivity contribution in [2.45, 2.75) is 51.4 Å². The maximum atomic E-state index is 12.9. The van der Waals surface area contributed by atoms with Gasteiger partial charge in [0.25, 0.3) is 0 Å². The Hall–Kier alpha value is -3.53. The fourth-order valence-electron chi connectivity index (χ4n) is 3.35. The first-order chi connectivity index (χ1) is 16.8. The van der Waals surface area contributed by atoms with E-state index in [0.29, 0.717) is 17.3 Å². The van der Waals surface area contributed by atoms with E-state index in [1.807, 2.05) is 45.9 Å². The zero-order chi connectivity index (χ0) is 26.7. The molecular formula is C26H27F3N2O4S. The van der Waals surface area contributed by atoms with Gasteiger partial charge in [0, 0.05) is 18.3 Å². The number of benzene rings is 3. The van der Waals surface area contributed by atoms with Crippen LogP contribution in [0.1, 0.15) is 36.1 Å². The topological polar surface area (TPSA) is 75.7 Å². The normalized spacial score (nSPS) is 11.9. The van der Waals surface area contributed by atoms with Crippen LogP contribution in [0.4, 0.5) is 23.7 Å². The van der Waals surface area contributed by atoms with Crippen molar-refractivity contribution in [3.63, 3.8) is 0 Å². The molecule has 0 aliphatic heterocycles. The highest BCUT2D eigenvalue weighted by Gasteiger charge is 2.32. The molecule has 10 heteroatoms. The number of carbonyl (C=O) groups excluding carboxylic acids is 1. The fourth-order valence-corrected chi connectivity index (χ4v) is 4.33. The van der Waals surface area contributed by atoms with Gasteiger partial charge in [0.1, 0.15) is 10.6 Å². The average molecular weight is 521 g/mol. The highest BCUT2D eigenvalue weighted by molar-refractivity contribution is 7.87. The molecule has 0 aromatic heterocycles. The molecule has 2 amide bonds. The van der Waals surface area contributed by atoms with Crippen LogP contribution in [0.15, 0.2) is 71.6 Å². The number of aryl methyl sites for hydroxylation is 2. The third kappa shape index (κ3) is 6.78. The largest absolute Gasteiger partial charge is 0.416 e. The van der Waals surface area contributed by atoms with Gasteiger partial charge < -0.3 is 14.4 Å². The minimum absolute atomic E-state index is 0.0631. The molecule has 3 rings (SSSR count). The van der Waals surface area contributed by atoms with Crippen molar-refractivity contribution in [3.05, 3.63) is 89.0 Å². The molecule has 0 aliphatic carbocycles. The molecule has 3 aromatic rings. The first-order valence-corrected chi connectivity index (χ1v) is 12.5. The molecule has 1 N–H and O–H groups in total. The molecule has 0 saturated carbocycles. The lowest BCUT2D eigenvalue weighted by Gasteiger charge is -2.27. The maximum Gasteiger partial charge on any atom is 0.416 e. The van der Waals surface area contributed by atoms with Gasteiger partial charge in [-0.2, -0.15) is 21.6 Å². The predicted octanol–water partition coefficient (Wildman–Crippen LogP) is 6.53. The summed E-state index contributed by atoms with van der Waals surface area (Å²) in [6.45, 7) is 7.94. The Labute approximate surface area is 208 Å². The van der Waals surface area contributed by atoms with E-state index in [-0.39, 0.29) is 24.4 Å². The van der Waals surface area contributed by atoms with Gasteiger partial charge in [0.05, 0.1) is 5.56 Å². The van der Waals surface area contributed by atoms with Crippen molar-refractivity contribution in [1.82, 2.24) is 4.90 Å². The molecular weight excluding hydrogens is 493 g/mol. The van der Waals surface area contributed by atoms with Crippen LogP contribution in [0.2, 0.25) is 0 Å². The number of amides is 2. The molecule has 0 fully saturated rings. The van der Waals surface area contributed by atoms with Crippen molar-refractivity contribution < 1.29 is 30.6 Å². The molecule has 0 spiro atoms. The van der Waals surface area contributed by atoms with Gasteiger partial charge in [-0.05, 0) is 86.8 Å². The number of rotatable bonds is 7. The SMILES string of the molecule is Cc1ccc(NC(=O)N(Cc2ccc(OS(=O)(=O)c3cccc(C(F)(F)F)c3)cc2)C(C)C)cc1C. The number of nitrogens with zero attached hydrogens (tertiary/aromatic N) is 1. The number of nitrogens with one attached hydrogen (secondary N) is 1. The maximum absolute atomic E-state index is 12.9. The lowest BCUT2D eigenvalue weighted by molar-refractivity contribution is -0.137. The molecule has 0 atom stereocenters. The third-order valence-electron chi connectivity index (χ3n) is 5.57. The van der Waals surface area contributed by atoms with E-state index in [0.717, 1.165) is 29.3 Å². The van der Waals surface area contributed by atoms with Crippen LogP contribution >= 0.6 is 0 Å². The van der Waals surface area contributed by atoms with Gasteiger partial charge in [0.2, 0.25) is 0 Å². The Morgan fingerprint density at radius 1 is 0.972 bits per heavy atom. The monoisotopic (exact) mass is 520 g/mol. The highest BCUT2D eigenvalue weighted by Crippen LogP contribution is 2.31. The summed E-state index contributed by atoms with van der Waals surface area (Å²) in [4.78, 5) is 13.9. The second-order valence-corrected chi connectivity index (χ2v) is 10.2. The Morgan fingerprint density at radius 3 is 2.22 bits per heavy atom. The first kappa shape index (κ1) is 27.1. The highest BCUT2D eigenvalue weighted by atomic mass is 32.2. The first-order valence-electron chi connectivity index (χ1n) is 11.1. The van der Waals surface area contributed by atoms with Gasteiger partial charge >= 0.3 is 22.3 Å². The third-order valence-corrected chi connectivity index (χ3v) is 6.82. The van der Waals surface area contributed by atoms with Crippen LogP contribution < -0.4 is 9.50 Å². The minimum atomic E-state index is -4.68. The van der Waals surface area contributed by atoms with Crippen LogP contribution in [0, 0.1) is 13.8 Å². The number of hydrogen-bond acceptors (Lipinski definition) is 4. The van der Waals surface area contributed by atoms with E-state index in [1.54, 1.807) is 17.0 Å². The minimum Gasteiger partial charge on any atom is -0.379 e. The second kappa shape index (κ2) is 10.6. The predicted molar refractivity (Wildman–Crippen MR) is 131 cm³/mol. The number of anilines is 1. The zero-order valence-electron chi connectivity index (χ0n) is 20.3. The fraction of sp³-hybridized carbons (Fsp3) is 0.269. The molecule has 0 saturated heterocycles. The van der Waals surface area contributed by atoms with Crippen LogP contribution in [-0.4, -0.2) is 25.4 Å². The number of alkyl halides is 3. The van der Waals surface area contributed by atoms with E-state index in [9.17, 15) is 26.4 Å². The molecule has 6 nitrogen and oxygen atoms in total. The smallest absolute Gasteiger partial charge is 0.379 e. The van der Waals surface area contributed by atoms with Crippen LogP contribution in [0.3, 0.4) is 0 Å². The summed E-state index contributed by atoms with van der Waals surface area (Å²) in [6.07, 6.45) is -4.68. The van der Waals surface area contributed by atoms with Crippen molar-refractivity contribution in [2.24, 2.45) is 0 Å². The lowest BCUT2D eigenvalue weighted by atomic mass is 10.1. The van der Waals surface area contributed by atoms with Gasteiger partial charge in [-0.1, -0.05) is 24.3 Å². The Morgan fingerprint density at radius 2 is 1.64 bits per heavy atom. The molecule has 192 valence electrons. The standard InChI is InChI=1S/C26H27F3N2O4S/c1-17(2)31(25(32)30-22-11-8-18(3)19(4)14-22)16-20-9-12-23(13-10-20)35-36(33,34)24-7-5-6-21(15-24)26(27,28)29/h5-15,17H,16H2,1-4H3,(H,30,32). The summed E-state index contributed by atoms with van der Waals surface area (Å²) in [6, 6.07) is 14.5. The number of halogens is 3. The average Bonchev–Trinajstić information content (AvgIpc) is 2.80. The van der Waals surface area contributed by atoms with Crippen molar-refractivity contribution in [1.29, 1.82) is 0 Å². The number of carbonyl (C=O) groups is 1. The number of hydrogen-bond donors (Lipinski definition) is 1. The summed E-state index contributed by atoms with van der Waals surface area (Å²) in [5.74, 6) is -0.0631. The molecule has 0 radical (unpaired) electrons. The van der Waals surface area contributed by atoms with E-state index in [1.165, 1.54) is 12.1 Å². The van der Waals surface area contributed by atoms with Crippen molar-refractivity contribution in [2.75, 3.05) is 5.32 Å². The molecule has 0 heterocycles. The van der Waals surface area contributed by atoms with Gasteiger partial charge in [-0.15, -0.1) is 0 Å². The molecule has 0 bridgehead atoms. The summed E-state index contributed by atoms with van der Waals surface area (Å²) >= 11 is 0. The van der Waals surface area contributed by atoms with Crippen LogP contribution in [0.25, 0.3) is 0 Å². The number of urea groups is 1. The van der Waals surface area contributed by atoms with Crippen LogP contribution in [-0.2, 0) is 22.8 Å². The summed E-state index contributed by atoms with van der Waals surface area (Å²) in [7, 11) is -4.47. The van der Waals surface area contributed by atoms with Gasteiger partial charge in [0.15, 0.2) is 0 Å². The van der Waals surface area contributed by atoms with Gasteiger partial charge in [-0.25, -0.2) is 4.79 Å². The zero-order valence-corrected chi connectivity index (χ0v) is 21.1. The second-order valence-electron chi connectivity index (χ2n) is 8.66. The Balaban J connectivity index is 1.71. The van der Waals surface area contributed by atoms with Crippen molar-refractivity contribution >= 4 is 21.8 Å². The van der Waals surface area contributed by atoms with E-state index in [2.05, 4.69) is 5.32 Å². The van der Waals surface area contributed by atoms with E-state index >= 15 is 0 Å². The van der Waals surface area contributed by atoms with E-state index in [4.69, 9.17) is 4.18 Å². The molecule has 3 aromatic carbocycles. The van der Waals surface area contributed by atoms with Gasteiger partial charge in [-0.3, -0.25) is 0 Å². The Bertz CT molecular complexity index is 1340. The molecule has 36 heavy (non-hydrogen) atoms. The summed E-state index contributed by atoms with van der Waals surface area (Å²) < 4.78 is 68.8. The Kier molecular flexibility index (Phi) is 7.98. The lowest BCUT2D eigenvalue weighted by Crippen LogP contribution is -2.39. The molecule has 0 unspecified atom stereocenters.